The smallest absolute Gasteiger partial charge is 0.457 e. The average Bonchev–Trinajstić information content (AvgIpc) is 2.35. The maximum absolute atomic E-state index is 12.2. The Hall–Kier alpha value is -1.01. The van der Waals surface area contributed by atoms with Crippen LogP contribution in [0.2, 0.25) is 0 Å². The quantitative estimate of drug-likeness (QED) is 0.633. The highest BCUT2D eigenvalue weighted by atomic mass is 35.5. The van der Waals surface area contributed by atoms with Gasteiger partial charge in [-0.2, -0.15) is 0 Å². The van der Waals surface area contributed by atoms with Crippen LogP contribution in [0.5, 0.6) is 0 Å². The predicted molar refractivity (Wildman–Crippen MR) is 73.5 cm³/mol. The van der Waals surface area contributed by atoms with Crippen molar-refractivity contribution >= 4 is 23.7 Å². The van der Waals surface area contributed by atoms with Gasteiger partial charge in [0, 0.05) is 5.92 Å². The maximum Gasteiger partial charge on any atom is 0.510 e. The molecule has 0 aromatic carbocycles. The predicted octanol–water partition coefficient (Wildman–Crippen LogP) is 2.05. The molecule has 1 unspecified atom stereocenters. The Morgan fingerprint density at radius 3 is 2.40 bits per heavy atom. The second-order valence-electron chi connectivity index (χ2n) is 5.66. The lowest BCUT2D eigenvalue weighted by Gasteiger charge is -2.30. The van der Waals surface area contributed by atoms with Gasteiger partial charge in [0.15, 0.2) is 6.07 Å². The van der Waals surface area contributed by atoms with Crippen molar-refractivity contribution in [2.45, 2.75) is 45.3 Å². The SMILES string of the molecule is CC(C)(C)OC(=O)C(OC(=O)OCCl)C1CCNCC1. The molecular formula is C13H22ClNO5. The lowest BCUT2D eigenvalue weighted by Crippen LogP contribution is -2.43. The standard InChI is InChI=1S/C13H22ClNO5/c1-13(2,3)20-11(16)10(19-12(17)18-8-14)9-4-6-15-7-5-9/h9-10,15H,4-8H2,1-3H3. The molecule has 0 aromatic heterocycles. The normalized spacial score (nSPS) is 18.2. The summed E-state index contributed by atoms with van der Waals surface area (Å²) in [5.74, 6) is -0.620. The lowest BCUT2D eigenvalue weighted by molar-refractivity contribution is -0.170. The molecule has 6 nitrogen and oxygen atoms in total. The first-order chi connectivity index (χ1) is 9.33. The molecule has 1 atom stereocenters. The minimum absolute atomic E-state index is 0.0750. The zero-order chi connectivity index (χ0) is 15.2. The first-order valence-electron chi connectivity index (χ1n) is 6.66. The Bertz CT molecular complexity index is 336. The summed E-state index contributed by atoms with van der Waals surface area (Å²) < 4.78 is 14.9. The summed E-state index contributed by atoms with van der Waals surface area (Å²) in [6, 6.07) is -0.313. The molecule has 1 saturated heterocycles. The summed E-state index contributed by atoms with van der Waals surface area (Å²) in [6.07, 6.45) is -0.433. The topological polar surface area (TPSA) is 73.9 Å². The van der Waals surface area contributed by atoms with Crippen molar-refractivity contribution in [2.24, 2.45) is 5.92 Å². The highest BCUT2D eigenvalue weighted by molar-refractivity contribution is 6.17. The van der Waals surface area contributed by atoms with Crippen LogP contribution in [-0.2, 0) is 19.0 Å². The van der Waals surface area contributed by atoms with Gasteiger partial charge in [0.1, 0.15) is 5.60 Å². The van der Waals surface area contributed by atoms with Crippen LogP contribution in [-0.4, -0.2) is 43.0 Å². The Morgan fingerprint density at radius 1 is 1.30 bits per heavy atom. The van der Waals surface area contributed by atoms with Crippen molar-refractivity contribution in [1.29, 1.82) is 0 Å². The van der Waals surface area contributed by atoms with Crippen molar-refractivity contribution in [3.05, 3.63) is 0 Å². The Morgan fingerprint density at radius 2 is 1.90 bits per heavy atom. The van der Waals surface area contributed by atoms with Crippen molar-refractivity contribution in [3.63, 3.8) is 0 Å². The van der Waals surface area contributed by atoms with E-state index >= 15 is 0 Å². The number of alkyl halides is 1. The van der Waals surface area contributed by atoms with Crippen molar-refractivity contribution in [3.8, 4) is 0 Å². The highest BCUT2D eigenvalue weighted by Crippen LogP contribution is 2.23. The molecule has 1 fully saturated rings. The molecule has 0 radical (unpaired) electrons. The van der Waals surface area contributed by atoms with Gasteiger partial charge in [-0.25, -0.2) is 9.59 Å². The first-order valence-corrected chi connectivity index (χ1v) is 7.20. The monoisotopic (exact) mass is 307 g/mol. The molecule has 0 bridgehead atoms. The number of carbonyl (C=O) groups is 2. The van der Waals surface area contributed by atoms with Gasteiger partial charge in [-0.3, -0.25) is 0 Å². The third kappa shape index (κ3) is 5.96. The number of esters is 1. The average molecular weight is 308 g/mol. The molecular weight excluding hydrogens is 286 g/mol. The van der Waals surface area contributed by atoms with Crippen LogP contribution in [0.25, 0.3) is 0 Å². The zero-order valence-electron chi connectivity index (χ0n) is 12.1. The molecule has 0 aliphatic carbocycles. The lowest BCUT2D eigenvalue weighted by atomic mass is 9.92. The van der Waals surface area contributed by atoms with Crippen LogP contribution in [0.3, 0.4) is 0 Å². The molecule has 7 heteroatoms. The summed E-state index contributed by atoms with van der Waals surface area (Å²) in [7, 11) is 0. The minimum Gasteiger partial charge on any atom is -0.457 e. The number of hydrogen-bond donors (Lipinski definition) is 1. The van der Waals surface area contributed by atoms with Gasteiger partial charge in [-0.15, -0.1) is 0 Å². The first kappa shape index (κ1) is 17.0. The van der Waals surface area contributed by atoms with Crippen LogP contribution in [0, 0.1) is 5.92 Å². The Balaban J connectivity index is 2.71. The molecule has 1 aliphatic heterocycles. The third-order valence-electron chi connectivity index (χ3n) is 2.85. The van der Waals surface area contributed by atoms with E-state index in [4.69, 9.17) is 21.1 Å². The second kappa shape index (κ2) is 7.69. The van der Waals surface area contributed by atoms with E-state index in [-0.39, 0.29) is 12.0 Å². The largest absolute Gasteiger partial charge is 0.510 e. The number of carbonyl (C=O) groups excluding carboxylic acids is 2. The molecule has 1 heterocycles. The molecule has 0 amide bonds. The van der Waals surface area contributed by atoms with Crippen LogP contribution in [0.1, 0.15) is 33.6 Å². The van der Waals surface area contributed by atoms with E-state index < -0.39 is 23.8 Å². The summed E-state index contributed by atoms with van der Waals surface area (Å²) >= 11 is 5.30. The summed E-state index contributed by atoms with van der Waals surface area (Å²) in [4.78, 5) is 23.6. The number of ether oxygens (including phenoxy) is 3. The van der Waals surface area contributed by atoms with E-state index in [9.17, 15) is 9.59 Å². The van der Waals surface area contributed by atoms with E-state index in [1.165, 1.54) is 0 Å². The van der Waals surface area contributed by atoms with Gasteiger partial charge in [0.2, 0.25) is 6.10 Å². The maximum atomic E-state index is 12.2. The molecule has 0 saturated carbocycles. The van der Waals surface area contributed by atoms with Gasteiger partial charge in [0.05, 0.1) is 0 Å². The van der Waals surface area contributed by atoms with Gasteiger partial charge < -0.3 is 19.5 Å². The molecule has 1 aliphatic rings. The molecule has 1 N–H and O–H groups in total. The summed E-state index contributed by atoms with van der Waals surface area (Å²) in [6.45, 7) is 6.85. The van der Waals surface area contributed by atoms with Gasteiger partial charge in [0.25, 0.3) is 0 Å². The zero-order valence-corrected chi connectivity index (χ0v) is 12.9. The van der Waals surface area contributed by atoms with Crippen molar-refractivity contribution in [2.75, 3.05) is 19.2 Å². The number of rotatable bonds is 4. The van der Waals surface area contributed by atoms with E-state index in [1.807, 2.05) is 0 Å². The van der Waals surface area contributed by atoms with Crippen LogP contribution in [0.15, 0.2) is 0 Å². The second-order valence-corrected chi connectivity index (χ2v) is 5.88. The molecule has 0 spiro atoms. The minimum atomic E-state index is -0.952. The fourth-order valence-corrected chi connectivity index (χ4v) is 2.11. The Labute approximate surface area is 124 Å². The number of halogens is 1. The number of nitrogens with one attached hydrogen (secondary N) is 1. The number of piperidine rings is 1. The van der Waals surface area contributed by atoms with Crippen molar-refractivity contribution in [1.82, 2.24) is 5.32 Å². The fraction of sp³-hybridized carbons (Fsp3) is 0.846. The number of hydrogen-bond acceptors (Lipinski definition) is 6. The van der Waals surface area contributed by atoms with E-state index in [0.717, 1.165) is 25.9 Å². The van der Waals surface area contributed by atoms with Gasteiger partial charge in [-0.1, -0.05) is 11.6 Å². The van der Waals surface area contributed by atoms with Gasteiger partial charge >= 0.3 is 12.1 Å². The highest BCUT2D eigenvalue weighted by Gasteiger charge is 2.36. The summed E-state index contributed by atoms with van der Waals surface area (Å²) in [5, 5.41) is 3.19. The molecule has 20 heavy (non-hydrogen) atoms. The molecule has 1 rings (SSSR count). The fourth-order valence-electron chi connectivity index (χ4n) is 2.03. The summed E-state index contributed by atoms with van der Waals surface area (Å²) in [5.41, 5.74) is -0.637. The van der Waals surface area contributed by atoms with Crippen LogP contribution < -0.4 is 5.32 Å². The molecule has 0 aromatic rings. The Kier molecular flexibility index (Phi) is 6.55. The van der Waals surface area contributed by atoms with E-state index in [1.54, 1.807) is 20.8 Å². The molecule has 116 valence electrons. The van der Waals surface area contributed by atoms with Crippen LogP contribution in [0.4, 0.5) is 4.79 Å². The van der Waals surface area contributed by atoms with Gasteiger partial charge in [-0.05, 0) is 46.7 Å². The van der Waals surface area contributed by atoms with E-state index in [0.29, 0.717) is 0 Å². The van der Waals surface area contributed by atoms with Crippen molar-refractivity contribution < 1.29 is 23.8 Å². The third-order valence-corrected chi connectivity index (χ3v) is 2.96. The van der Waals surface area contributed by atoms with E-state index in [2.05, 4.69) is 10.1 Å². The van der Waals surface area contributed by atoms with Crippen LogP contribution >= 0.6 is 11.6 Å².